The summed E-state index contributed by atoms with van der Waals surface area (Å²) in [5, 5.41) is 0. The first kappa shape index (κ1) is 23.9. The third kappa shape index (κ3) is 7.49. The molecule has 28 heavy (non-hydrogen) atoms. The third-order valence-electron chi connectivity index (χ3n) is 3.53. The molecule has 1 aromatic rings. The molecule has 0 bridgehead atoms. The summed E-state index contributed by atoms with van der Waals surface area (Å²) < 4.78 is 49.7. The molecule has 156 valence electrons. The van der Waals surface area contributed by atoms with Crippen molar-refractivity contribution in [2.75, 3.05) is 10.5 Å². The number of benzene rings is 1. The molecule has 10 heteroatoms. The molecule has 0 radical (unpaired) electrons. The number of alkyl halides is 3. The summed E-state index contributed by atoms with van der Waals surface area (Å²) in [6.07, 6.45) is -4.96. The van der Waals surface area contributed by atoms with Gasteiger partial charge in [0.05, 0.1) is 17.2 Å². The highest BCUT2D eigenvalue weighted by molar-refractivity contribution is 9.10. The van der Waals surface area contributed by atoms with Crippen molar-refractivity contribution in [3.8, 4) is 0 Å². The van der Waals surface area contributed by atoms with Gasteiger partial charge in [0.25, 0.3) is 0 Å². The van der Waals surface area contributed by atoms with Crippen LogP contribution in [-0.2, 0) is 25.2 Å². The topological polar surface area (TPSA) is 72.9 Å². The first-order chi connectivity index (χ1) is 13.0. The summed E-state index contributed by atoms with van der Waals surface area (Å²) in [6, 6.07) is 2.76. The lowest BCUT2D eigenvalue weighted by molar-refractivity contribution is -0.186. The SMILES string of the molecule is CC(OC(=O)CCCN(Br)c1cc(C(F)(F)F)ccc1C=O)OC(=O)C(C)C. The molecule has 0 saturated carbocycles. The molecule has 0 fully saturated rings. The van der Waals surface area contributed by atoms with E-state index in [0.717, 1.165) is 18.2 Å². The first-order valence-corrected chi connectivity index (χ1v) is 9.16. The number of hydrogen-bond acceptors (Lipinski definition) is 6. The molecule has 0 aliphatic heterocycles. The highest BCUT2D eigenvalue weighted by Gasteiger charge is 2.31. The summed E-state index contributed by atoms with van der Waals surface area (Å²) in [6.45, 7) is 4.83. The summed E-state index contributed by atoms with van der Waals surface area (Å²) in [5.74, 6) is -1.48. The van der Waals surface area contributed by atoms with Crippen LogP contribution in [0.1, 0.15) is 49.5 Å². The lowest BCUT2D eigenvalue weighted by atomic mass is 10.1. The normalized spacial score (nSPS) is 12.4. The van der Waals surface area contributed by atoms with Crippen molar-refractivity contribution < 1.29 is 37.0 Å². The van der Waals surface area contributed by atoms with Crippen LogP contribution in [-0.4, -0.2) is 31.1 Å². The van der Waals surface area contributed by atoms with Crippen LogP contribution in [0.2, 0.25) is 0 Å². The van der Waals surface area contributed by atoms with Crippen LogP contribution >= 0.6 is 16.1 Å². The monoisotopic (exact) mass is 467 g/mol. The fourth-order valence-electron chi connectivity index (χ4n) is 2.08. The fraction of sp³-hybridized carbons (Fsp3) is 0.500. The molecule has 0 saturated heterocycles. The average Bonchev–Trinajstić information content (AvgIpc) is 2.59. The van der Waals surface area contributed by atoms with Crippen molar-refractivity contribution in [2.45, 2.75) is 46.1 Å². The van der Waals surface area contributed by atoms with Crippen LogP contribution in [0.15, 0.2) is 18.2 Å². The Morgan fingerprint density at radius 1 is 1.21 bits per heavy atom. The van der Waals surface area contributed by atoms with Crippen LogP contribution in [0.4, 0.5) is 18.9 Å². The number of rotatable bonds is 9. The zero-order valence-electron chi connectivity index (χ0n) is 15.6. The quantitative estimate of drug-likeness (QED) is 0.230. The van der Waals surface area contributed by atoms with Crippen LogP contribution < -0.4 is 3.93 Å². The van der Waals surface area contributed by atoms with Crippen molar-refractivity contribution in [3.05, 3.63) is 29.3 Å². The maximum atomic E-state index is 12.9. The Hall–Kier alpha value is -2.10. The molecule has 0 N–H and O–H groups in total. The molecule has 6 nitrogen and oxygen atoms in total. The minimum Gasteiger partial charge on any atom is -0.425 e. The van der Waals surface area contributed by atoms with E-state index >= 15 is 0 Å². The minimum atomic E-state index is -4.54. The summed E-state index contributed by atoms with van der Waals surface area (Å²) >= 11 is 3.11. The zero-order chi connectivity index (χ0) is 21.5. The number of aldehydes is 1. The van der Waals surface area contributed by atoms with Gasteiger partial charge in [0, 0.05) is 41.6 Å². The van der Waals surface area contributed by atoms with E-state index in [-0.39, 0.29) is 36.6 Å². The van der Waals surface area contributed by atoms with E-state index < -0.39 is 30.0 Å². The van der Waals surface area contributed by atoms with Crippen molar-refractivity contribution in [3.63, 3.8) is 0 Å². The van der Waals surface area contributed by atoms with Crippen molar-refractivity contribution in [2.24, 2.45) is 5.92 Å². The third-order valence-corrected chi connectivity index (χ3v) is 4.27. The van der Waals surface area contributed by atoms with E-state index in [4.69, 9.17) is 9.47 Å². The highest BCUT2D eigenvalue weighted by atomic mass is 79.9. The van der Waals surface area contributed by atoms with E-state index in [1.807, 2.05) is 0 Å². The van der Waals surface area contributed by atoms with E-state index in [1.54, 1.807) is 13.8 Å². The van der Waals surface area contributed by atoms with Crippen LogP contribution in [0, 0.1) is 5.92 Å². The predicted molar refractivity (Wildman–Crippen MR) is 98.8 cm³/mol. The summed E-state index contributed by atoms with van der Waals surface area (Å²) in [4.78, 5) is 34.3. The second kappa shape index (κ2) is 10.4. The van der Waals surface area contributed by atoms with Gasteiger partial charge in [0.2, 0.25) is 6.29 Å². The maximum Gasteiger partial charge on any atom is 0.416 e. The number of halogens is 4. The Labute approximate surface area is 169 Å². The van der Waals surface area contributed by atoms with Crippen molar-refractivity contribution in [1.29, 1.82) is 0 Å². The number of esters is 2. The van der Waals surface area contributed by atoms with Gasteiger partial charge in [-0.15, -0.1) is 0 Å². The van der Waals surface area contributed by atoms with E-state index in [1.165, 1.54) is 10.8 Å². The molecule has 1 rings (SSSR count). The fourth-order valence-corrected chi connectivity index (χ4v) is 2.64. The molecule has 0 aromatic heterocycles. The largest absolute Gasteiger partial charge is 0.425 e. The average molecular weight is 468 g/mol. The molecule has 0 amide bonds. The molecule has 1 atom stereocenters. The Morgan fingerprint density at radius 3 is 2.39 bits per heavy atom. The van der Waals surface area contributed by atoms with Gasteiger partial charge in [0.15, 0.2) is 6.29 Å². The van der Waals surface area contributed by atoms with Gasteiger partial charge in [-0.25, -0.2) is 0 Å². The molecular formula is C18H21BrF3NO5. The smallest absolute Gasteiger partial charge is 0.416 e. The summed E-state index contributed by atoms with van der Waals surface area (Å²) in [7, 11) is 0. The van der Waals surface area contributed by atoms with Crippen molar-refractivity contribution in [1.82, 2.24) is 0 Å². The Balaban J connectivity index is 2.60. The van der Waals surface area contributed by atoms with Gasteiger partial charge in [-0.05, 0) is 24.6 Å². The van der Waals surface area contributed by atoms with Gasteiger partial charge in [0.1, 0.15) is 0 Å². The minimum absolute atomic E-state index is 0.0393. The maximum absolute atomic E-state index is 12.9. The van der Waals surface area contributed by atoms with E-state index in [9.17, 15) is 27.6 Å². The summed E-state index contributed by atoms with van der Waals surface area (Å²) in [5.41, 5.74) is -0.781. The molecule has 1 unspecified atom stereocenters. The Kier molecular flexibility index (Phi) is 8.93. The van der Waals surface area contributed by atoms with Crippen LogP contribution in [0.3, 0.4) is 0 Å². The molecule has 0 heterocycles. The van der Waals surface area contributed by atoms with Gasteiger partial charge in [-0.2, -0.15) is 13.2 Å². The lowest BCUT2D eigenvalue weighted by Gasteiger charge is -2.20. The van der Waals surface area contributed by atoms with Crippen LogP contribution in [0.25, 0.3) is 0 Å². The number of hydrogen-bond donors (Lipinski definition) is 0. The van der Waals surface area contributed by atoms with E-state index in [2.05, 4.69) is 16.1 Å². The van der Waals surface area contributed by atoms with E-state index in [0.29, 0.717) is 6.29 Å². The Bertz CT molecular complexity index is 709. The molecule has 0 spiro atoms. The van der Waals surface area contributed by atoms with Gasteiger partial charge >= 0.3 is 18.1 Å². The molecule has 0 aliphatic rings. The second-order valence-corrected chi connectivity index (χ2v) is 7.08. The highest BCUT2D eigenvalue weighted by Crippen LogP contribution is 2.34. The standard InChI is InChI=1S/C18H21BrF3NO5/c1-11(2)17(26)28-12(3)27-16(25)5-4-8-23(19)15-9-14(18(20,21)22)7-6-13(15)10-24/h6-7,9-12H,4-5,8H2,1-3H3. The zero-order valence-corrected chi connectivity index (χ0v) is 17.2. The number of anilines is 1. The van der Waals surface area contributed by atoms with Gasteiger partial charge in [-0.1, -0.05) is 13.8 Å². The second-order valence-electron chi connectivity index (χ2n) is 6.23. The van der Waals surface area contributed by atoms with Gasteiger partial charge < -0.3 is 13.4 Å². The predicted octanol–water partition coefficient (Wildman–Crippen LogP) is 4.50. The first-order valence-electron chi connectivity index (χ1n) is 8.45. The number of nitrogens with zero attached hydrogens (tertiary/aromatic N) is 1. The number of ether oxygens (including phenoxy) is 2. The molecule has 0 aliphatic carbocycles. The van der Waals surface area contributed by atoms with Gasteiger partial charge in [-0.3, -0.25) is 14.4 Å². The van der Waals surface area contributed by atoms with Crippen LogP contribution in [0.5, 0.6) is 0 Å². The number of carbonyl (C=O) groups excluding carboxylic acids is 3. The molecular weight excluding hydrogens is 447 g/mol. The van der Waals surface area contributed by atoms with Crippen molar-refractivity contribution >= 4 is 40.1 Å². The number of carbonyl (C=O) groups is 3. The Morgan fingerprint density at radius 2 is 1.86 bits per heavy atom. The lowest BCUT2D eigenvalue weighted by Crippen LogP contribution is -2.24. The molecule has 1 aromatic carbocycles.